The van der Waals surface area contributed by atoms with Crippen LogP contribution in [-0.4, -0.2) is 22.4 Å². The first-order valence-electron chi connectivity index (χ1n) is 4.03. The molecule has 7 heteroatoms. The summed E-state index contributed by atoms with van der Waals surface area (Å²) in [6.07, 6.45) is 0. The van der Waals surface area contributed by atoms with E-state index in [1.165, 1.54) is 7.05 Å². The molecule has 1 aliphatic heterocycles. The quantitative estimate of drug-likeness (QED) is 0.758. The van der Waals surface area contributed by atoms with Gasteiger partial charge in [-0.1, -0.05) is 11.6 Å². The third-order valence-corrected chi connectivity index (χ3v) is 3.10. The number of hydroxylamine groups is 2. The smallest absolute Gasteiger partial charge is 0.244 e. The van der Waals surface area contributed by atoms with Gasteiger partial charge in [0.1, 0.15) is 0 Å². The summed E-state index contributed by atoms with van der Waals surface area (Å²) in [7, 11) is 1.40. The molecule has 1 heterocycles. The second-order valence-electron chi connectivity index (χ2n) is 2.84. The van der Waals surface area contributed by atoms with E-state index in [-0.39, 0.29) is 0 Å². The molecule has 1 aromatic rings. The Bertz CT molecular complexity index is 422. The number of amides is 2. The van der Waals surface area contributed by atoms with E-state index in [2.05, 4.69) is 0 Å². The summed E-state index contributed by atoms with van der Waals surface area (Å²) < 4.78 is 17.2. The van der Waals surface area contributed by atoms with Gasteiger partial charge in [-0.25, -0.2) is 9.00 Å². The fraction of sp³-hybridized carbons (Fsp3) is 0.125. The number of urea groups is 1. The number of halogens is 1. The summed E-state index contributed by atoms with van der Waals surface area (Å²) >= 11 is 3.89. The summed E-state index contributed by atoms with van der Waals surface area (Å²) in [5.74, 6) is 0. The van der Waals surface area contributed by atoms with Crippen LogP contribution in [0.3, 0.4) is 0 Å². The van der Waals surface area contributed by atoms with Gasteiger partial charge in [-0.15, -0.1) is 4.28 Å². The summed E-state index contributed by atoms with van der Waals surface area (Å²) in [6.45, 7) is 0. The van der Waals surface area contributed by atoms with E-state index in [1.54, 1.807) is 24.3 Å². The predicted molar refractivity (Wildman–Crippen MR) is 56.3 cm³/mol. The van der Waals surface area contributed by atoms with Crippen molar-refractivity contribution in [2.24, 2.45) is 0 Å². The second-order valence-corrected chi connectivity index (χ2v) is 4.23. The number of hydrogen-bond donors (Lipinski definition) is 0. The summed E-state index contributed by atoms with van der Waals surface area (Å²) in [6, 6.07) is 5.94. The Kier molecular flexibility index (Phi) is 2.64. The number of carbonyl (C=O) groups excluding carboxylic acids is 1. The molecule has 1 atom stereocenters. The SMILES string of the molecule is CN1OS(=O)N(c2ccc(Cl)cc2)C1=O. The van der Waals surface area contributed by atoms with Gasteiger partial charge < -0.3 is 0 Å². The van der Waals surface area contributed by atoms with Crippen LogP contribution in [0, 0.1) is 0 Å². The normalized spacial score (nSPS) is 21.2. The molecule has 5 nitrogen and oxygen atoms in total. The minimum absolute atomic E-state index is 0.476. The maximum Gasteiger partial charge on any atom is 0.363 e. The van der Waals surface area contributed by atoms with Gasteiger partial charge in [0.25, 0.3) is 11.3 Å². The molecule has 0 aliphatic carbocycles. The standard InChI is InChI=1S/C8H7ClN2O3S/c1-10-8(12)11(15(13)14-10)7-4-2-6(9)3-5-7/h2-5H,1H3. The van der Waals surface area contributed by atoms with Gasteiger partial charge in [0.2, 0.25) is 0 Å². The van der Waals surface area contributed by atoms with Gasteiger partial charge in [-0.3, -0.25) is 0 Å². The molecule has 0 radical (unpaired) electrons. The van der Waals surface area contributed by atoms with Crippen molar-refractivity contribution in [3.63, 3.8) is 0 Å². The highest BCUT2D eigenvalue weighted by molar-refractivity contribution is 7.83. The topological polar surface area (TPSA) is 49.9 Å². The van der Waals surface area contributed by atoms with Crippen molar-refractivity contribution in [2.45, 2.75) is 0 Å². The lowest BCUT2D eigenvalue weighted by Gasteiger charge is -2.10. The monoisotopic (exact) mass is 246 g/mol. The average Bonchev–Trinajstić information content (AvgIpc) is 2.44. The van der Waals surface area contributed by atoms with Crippen LogP contribution in [0.5, 0.6) is 0 Å². The number of benzene rings is 1. The first kappa shape index (κ1) is 10.4. The van der Waals surface area contributed by atoms with Gasteiger partial charge in [-0.2, -0.15) is 9.37 Å². The highest BCUT2D eigenvalue weighted by Crippen LogP contribution is 2.24. The van der Waals surface area contributed by atoms with E-state index in [9.17, 15) is 9.00 Å². The van der Waals surface area contributed by atoms with Crippen molar-refractivity contribution in [1.29, 1.82) is 0 Å². The van der Waals surface area contributed by atoms with Crippen molar-refractivity contribution in [1.82, 2.24) is 5.06 Å². The second kappa shape index (κ2) is 3.80. The average molecular weight is 247 g/mol. The zero-order valence-corrected chi connectivity index (χ0v) is 9.29. The molecular weight excluding hydrogens is 240 g/mol. The Hall–Kier alpha value is -1.11. The zero-order valence-electron chi connectivity index (χ0n) is 7.71. The van der Waals surface area contributed by atoms with Crippen molar-refractivity contribution >= 4 is 34.6 Å². The Morgan fingerprint density at radius 1 is 1.33 bits per heavy atom. The lowest BCUT2D eigenvalue weighted by atomic mass is 10.3. The molecule has 2 rings (SSSR count). The molecular formula is C8H7ClN2O3S. The van der Waals surface area contributed by atoms with Crippen molar-refractivity contribution in [3.05, 3.63) is 29.3 Å². The molecule has 1 aromatic carbocycles. The fourth-order valence-electron chi connectivity index (χ4n) is 1.13. The van der Waals surface area contributed by atoms with Crippen LogP contribution < -0.4 is 4.31 Å². The molecule has 0 spiro atoms. The molecule has 2 amide bonds. The van der Waals surface area contributed by atoms with Crippen molar-refractivity contribution in [2.75, 3.05) is 11.4 Å². The largest absolute Gasteiger partial charge is 0.363 e. The molecule has 15 heavy (non-hydrogen) atoms. The van der Waals surface area contributed by atoms with Gasteiger partial charge >= 0.3 is 6.03 Å². The van der Waals surface area contributed by atoms with Crippen molar-refractivity contribution < 1.29 is 13.3 Å². The lowest BCUT2D eigenvalue weighted by Crippen LogP contribution is -2.29. The Morgan fingerprint density at radius 3 is 2.40 bits per heavy atom. The van der Waals surface area contributed by atoms with E-state index in [0.29, 0.717) is 10.7 Å². The first-order valence-corrected chi connectivity index (χ1v) is 5.44. The van der Waals surface area contributed by atoms with Gasteiger partial charge in [-0.05, 0) is 24.3 Å². The number of carbonyl (C=O) groups is 1. The number of anilines is 1. The lowest BCUT2D eigenvalue weighted by molar-refractivity contribution is 0.0485. The number of rotatable bonds is 1. The third-order valence-electron chi connectivity index (χ3n) is 1.83. The van der Waals surface area contributed by atoms with Crippen LogP contribution in [0.4, 0.5) is 10.5 Å². The highest BCUT2D eigenvalue weighted by atomic mass is 35.5. The van der Waals surface area contributed by atoms with E-state index in [4.69, 9.17) is 15.9 Å². The first-order chi connectivity index (χ1) is 7.09. The predicted octanol–water partition coefficient (Wildman–Crippen LogP) is 1.72. The van der Waals surface area contributed by atoms with E-state index < -0.39 is 17.3 Å². The molecule has 1 fully saturated rings. The number of nitrogens with zero attached hydrogens (tertiary/aromatic N) is 2. The summed E-state index contributed by atoms with van der Waals surface area (Å²) in [5.41, 5.74) is 0.479. The molecule has 1 aliphatic rings. The van der Waals surface area contributed by atoms with E-state index >= 15 is 0 Å². The summed E-state index contributed by atoms with van der Waals surface area (Å²) in [4.78, 5) is 11.5. The van der Waals surface area contributed by atoms with Gasteiger partial charge in [0.05, 0.1) is 5.69 Å². The zero-order chi connectivity index (χ0) is 11.0. The number of hydrogen-bond acceptors (Lipinski definition) is 3. The molecule has 0 aromatic heterocycles. The molecule has 80 valence electrons. The van der Waals surface area contributed by atoms with Crippen LogP contribution in [0.2, 0.25) is 5.02 Å². The van der Waals surface area contributed by atoms with Crippen LogP contribution in [0.1, 0.15) is 0 Å². The Morgan fingerprint density at radius 2 is 1.93 bits per heavy atom. The van der Waals surface area contributed by atoms with Crippen LogP contribution in [-0.2, 0) is 15.6 Å². The van der Waals surface area contributed by atoms with Crippen LogP contribution in [0.25, 0.3) is 0 Å². The van der Waals surface area contributed by atoms with Gasteiger partial charge in [0, 0.05) is 12.1 Å². The van der Waals surface area contributed by atoms with Crippen LogP contribution >= 0.6 is 11.6 Å². The maximum absolute atomic E-state index is 11.5. The minimum atomic E-state index is -1.81. The van der Waals surface area contributed by atoms with E-state index in [1.807, 2.05) is 0 Å². The Labute approximate surface area is 93.9 Å². The molecule has 1 saturated heterocycles. The molecule has 1 unspecified atom stereocenters. The Balaban J connectivity index is 2.35. The molecule has 0 saturated carbocycles. The minimum Gasteiger partial charge on any atom is -0.244 e. The fourth-order valence-corrected chi connectivity index (χ4v) is 2.11. The third kappa shape index (κ3) is 1.83. The van der Waals surface area contributed by atoms with Gasteiger partial charge in [0.15, 0.2) is 0 Å². The highest BCUT2D eigenvalue weighted by Gasteiger charge is 2.36. The molecule has 0 bridgehead atoms. The van der Waals surface area contributed by atoms with Crippen molar-refractivity contribution in [3.8, 4) is 0 Å². The van der Waals surface area contributed by atoms with Crippen LogP contribution in [0.15, 0.2) is 24.3 Å². The van der Waals surface area contributed by atoms with E-state index in [0.717, 1.165) is 9.37 Å². The maximum atomic E-state index is 11.5. The summed E-state index contributed by atoms with van der Waals surface area (Å²) in [5, 5.41) is 1.47. The molecule has 0 N–H and O–H groups in total.